The van der Waals surface area contributed by atoms with Crippen molar-refractivity contribution in [1.82, 2.24) is 4.90 Å². The highest BCUT2D eigenvalue weighted by molar-refractivity contribution is 7.89. The lowest BCUT2D eigenvalue weighted by molar-refractivity contribution is 0.200. The van der Waals surface area contributed by atoms with Gasteiger partial charge in [0.25, 0.3) is 0 Å². The number of carbonyl (C=O) groups is 1. The van der Waals surface area contributed by atoms with E-state index in [1.807, 2.05) is 0 Å². The third-order valence-corrected chi connectivity index (χ3v) is 3.97. The Morgan fingerprint density at radius 1 is 1.21 bits per heavy atom. The molecule has 1 aliphatic rings. The van der Waals surface area contributed by atoms with Gasteiger partial charge in [-0.15, -0.1) is 0 Å². The maximum atomic E-state index is 12.0. The van der Waals surface area contributed by atoms with Gasteiger partial charge < -0.3 is 10.2 Å². The predicted octanol–water partition coefficient (Wildman–Crippen LogP) is 1.35. The van der Waals surface area contributed by atoms with Crippen molar-refractivity contribution >= 4 is 21.7 Å². The number of primary sulfonamides is 1. The van der Waals surface area contributed by atoms with E-state index < -0.39 is 10.0 Å². The largest absolute Gasteiger partial charge is 0.325 e. The number of benzene rings is 1. The van der Waals surface area contributed by atoms with E-state index in [2.05, 4.69) is 5.32 Å². The van der Waals surface area contributed by atoms with Gasteiger partial charge >= 0.3 is 6.03 Å². The molecule has 1 aromatic rings. The lowest BCUT2D eigenvalue weighted by Gasteiger charge is -2.26. The summed E-state index contributed by atoms with van der Waals surface area (Å²) in [4.78, 5) is 13.7. The molecule has 0 unspecified atom stereocenters. The van der Waals surface area contributed by atoms with Gasteiger partial charge in [-0.1, -0.05) is 6.07 Å². The third kappa shape index (κ3) is 3.68. The summed E-state index contributed by atoms with van der Waals surface area (Å²) in [5.74, 6) is 0. The molecule has 1 saturated heterocycles. The van der Waals surface area contributed by atoms with Crippen LogP contribution >= 0.6 is 0 Å². The summed E-state index contributed by atoms with van der Waals surface area (Å²) in [6.07, 6.45) is 3.15. The molecule has 0 aliphatic carbocycles. The zero-order chi connectivity index (χ0) is 13.9. The molecule has 0 bridgehead atoms. The molecule has 104 valence electrons. The van der Waals surface area contributed by atoms with Crippen molar-refractivity contribution in [3.63, 3.8) is 0 Å². The maximum Gasteiger partial charge on any atom is 0.321 e. The standard InChI is InChI=1S/C12H17N3O3S/c13-19(17,18)11-6-4-5-10(9-11)14-12(16)15-7-2-1-3-8-15/h4-6,9H,1-3,7-8H2,(H,14,16)(H2,13,17,18). The first-order chi connectivity index (χ1) is 8.97. The fourth-order valence-electron chi connectivity index (χ4n) is 2.05. The van der Waals surface area contributed by atoms with Crippen LogP contribution in [0.4, 0.5) is 10.5 Å². The van der Waals surface area contributed by atoms with Crippen LogP contribution in [0.5, 0.6) is 0 Å². The lowest BCUT2D eigenvalue weighted by atomic mass is 10.1. The summed E-state index contributed by atoms with van der Waals surface area (Å²) in [7, 11) is -3.75. The molecule has 0 saturated carbocycles. The number of hydrogen-bond donors (Lipinski definition) is 2. The summed E-state index contributed by atoms with van der Waals surface area (Å²) >= 11 is 0. The molecule has 1 heterocycles. The molecule has 19 heavy (non-hydrogen) atoms. The first kappa shape index (κ1) is 13.8. The molecular formula is C12H17N3O3S. The topological polar surface area (TPSA) is 92.5 Å². The minimum atomic E-state index is -3.75. The number of nitrogens with two attached hydrogens (primary N) is 1. The number of carbonyl (C=O) groups excluding carboxylic acids is 1. The number of urea groups is 1. The number of hydrogen-bond acceptors (Lipinski definition) is 3. The van der Waals surface area contributed by atoms with Gasteiger partial charge in [-0.25, -0.2) is 18.4 Å². The van der Waals surface area contributed by atoms with E-state index in [1.165, 1.54) is 12.1 Å². The first-order valence-corrected chi connectivity index (χ1v) is 7.70. The number of rotatable bonds is 2. The van der Waals surface area contributed by atoms with Gasteiger partial charge in [-0.2, -0.15) is 0 Å². The molecule has 0 atom stereocenters. The summed E-state index contributed by atoms with van der Waals surface area (Å²) in [6, 6.07) is 5.73. The van der Waals surface area contributed by atoms with Crippen molar-refractivity contribution in [1.29, 1.82) is 0 Å². The minimum Gasteiger partial charge on any atom is -0.325 e. The van der Waals surface area contributed by atoms with Crippen LogP contribution in [0.1, 0.15) is 19.3 Å². The van der Waals surface area contributed by atoms with Gasteiger partial charge in [0.15, 0.2) is 0 Å². The van der Waals surface area contributed by atoms with E-state index in [4.69, 9.17) is 5.14 Å². The highest BCUT2D eigenvalue weighted by atomic mass is 32.2. The average molecular weight is 283 g/mol. The Balaban J connectivity index is 2.08. The van der Waals surface area contributed by atoms with Crippen LogP contribution in [0.3, 0.4) is 0 Å². The average Bonchev–Trinajstić information content (AvgIpc) is 2.39. The van der Waals surface area contributed by atoms with Gasteiger partial charge in [-0.05, 0) is 37.5 Å². The highest BCUT2D eigenvalue weighted by Gasteiger charge is 2.17. The Morgan fingerprint density at radius 3 is 2.53 bits per heavy atom. The van der Waals surface area contributed by atoms with E-state index in [1.54, 1.807) is 17.0 Å². The zero-order valence-electron chi connectivity index (χ0n) is 10.5. The smallest absolute Gasteiger partial charge is 0.321 e. The lowest BCUT2D eigenvalue weighted by Crippen LogP contribution is -2.38. The number of nitrogens with zero attached hydrogens (tertiary/aromatic N) is 1. The molecule has 1 aliphatic heterocycles. The van der Waals surface area contributed by atoms with Crippen LogP contribution in [0.15, 0.2) is 29.2 Å². The summed E-state index contributed by atoms with van der Waals surface area (Å²) < 4.78 is 22.5. The molecular weight excluding hydrogens is 266 g/mol. The van der Waals surface area contributed by atoms with E-state index in [-0.39, 0.29) is 10.9 Å². The fourth-order valence-corrected chi connectivity index (χ4v) is 2.61. The van der Waals surface area contributed by atoms with Crippen molar-refractivity contribution in [3.8, 4) is 0 Å². The molecule has 7 heteroatoms. The van der Waals surface area contributed by atoms with Crippen molar-refractivity contribution in [2.75, 3.05) is 18.4 Å². The minimum absolute atomic E-state index is 0.0102. The zero-order valence-corrected chi connectivity index (χ0v) is 11.3. The quantitative estimate of drug-likeness (QED) is 0.858. The highest BCUT2D eigenvalue weighted by Crippen LogP contribution is 2.16. The molecule has 6 nitrogen and oxygen atoms in total. The first-order valence-electron chi connectivity index (χ1n) is 6.15. The van der Waals surface area contributed by atoms with Crippen LogP contribution in [-0.2, 0) is 10.0 Å². The molecule has 2 amide bonds. The monoisotopic (exact) mass is 283 g/mol. The van der Waals surface area contributed by atoms with E-state index in [9.17, 15) is 13.2 Å². The number of amides is 2. The van der Waals surface area contributed by atoms with Gasteiger partial charge in [0.2, 0.25) is 10.0 Å². The number of piperidine rings is 1. The SMILES string of the molecule is NS(=O)(=O)c1cccc(NC(=O)N2CCCCC2)c1. The molecule has 0 spiro atoms. The Hall–Kier alpha value is -1.60. The van der Waals surface area contributed by atoms with Gasteiger partial charge in [0.1, 0.15) is 0 Å². The molecule has 3 N–H and O–H groups in total. The van der Waals surface area contributed by atoms with Crippen molar-refractivity contribution in [2.45, 2.75) is 24.2 Å². The third-order valence-electron chi connectivity index (χ3n) is 3.06. The molecule has 0 radical (unpaired) electrons. The van der Waals surface area contributed by atoms with Crippen LogP contribution in [0.2, 0.25) is 0 Å². The van der Waals surface area contributed by atoms with Crippen molar-refractivity contribution in [2.24, 2.45) is 5.14 Å². The van der Waals surface area contributed by atoms with E-state index in [0.29, 0.717) is 5.69 Å². The number of likely N-dealkylation sites (tertiary alicyclic amines) is 1. The molecule has 1 aromatic carbocycles. The number of sulfonamides is 1. The van der Waals surface area contributed by atoms with Gasteiger partial charge in [-0.3, -0.25) is 0 Å². The van der Waals surface area contributed by atoms with Crippen molar-refractivity contribution < 1.29 is 13.2 Å². The summed E-state index contributed by atoms with van der Waals surface area (Å²) in [5.41, 5.74) is 0.432. The number of nitrogens with one attached hydrogen (secondary N) is 1. The Kier molecular flexibility index (Phi) is 4.06. The summed E-state index contributed by atoms with van der Waals surface area (Å²) in [6.45, 7) is 1.47. The molecule has 0 aromatic heterocycles. The maximum absolute atomic E-state index is 12.0. The number of anilines is 1. The second-order valence-electron chi connectivity index (χ2n) is 4.55. The van der Waals surface area contributed by atoms with E-state index >= 15 is 0 Å². The predicted molar refractivity (Wildman–Crippen MR) is 72.3 cm³/mol. The Morgan fingerprint density at radius 2 is 1.89 bits per heavy atom. The second kappa shape index (κ2) is 5.58. The van der Waals surface area contributed by atoms with Crippen molar-refractivity contribution in [3.05, 3.63) is 24.3 Å². The normalized spacial score (nSPS) is 16.2. The summed E-state index contributed by atoms with van der Waals surface area (Å²) in [5, 5.41) is 7.74. The van der Waals surface area contributed by atoms with Crippen LogP contribution in [0, 0.1) is 0 Å². The van der Waals surface area contributed by atoms with Crippen LogP contribution < -0.4 is 10.5 Å². The van der Waals surface area contributed by atoms with Gasteiger partial charge in [0.05, 0.1) is 4.90 Å². The Bertz CT molecular complexity index is 565. The second-order valence-corrected chi connectivity index (χ2v) is 6.11. The van der Waals surface area contributed by atoms with Crippen LogP contribution in [-0.4, -0.2) is 32.4 Å². The van der Waals surface area contributed by atoms with E-state index in [0.717, 1.165) is 32.4 Å². The van der Waals surface area contributed by atoms with Gasteiger partial charge in [0, 0.05) is 18.8 Å². The molecule has 1 fully saturated rings. The fraction of sp³-hybridized carbons (Fsp3) is 0.417. The Labute approximate surface area is 112 Å². The van der Waals surface area contributed by atoms with Crippen LogP contribution in [0.25, 0.3) is 0 Å². The molecule has 2 rings (SSSR count).